The lowest BCUT2D eigenvalue weighted by molar-refractivity contribution is -0.110. The Morgan fingerprint density at radius 1 is 0.655 bits per heavy atom. The second-order valence-electron chi connectivity index (χ2n) is 6.50. The lowest BCUT2D eigenvalue weighted by Crippen LogP contribution is -2.18. The number of nitrogens with zero attached hydrogens (tertiary/aromatic N) is 1. The Bertz CT molecular complexity index is 1230. The fraction of sp³-hybridized carbons (Fsp3) is 0. The third-order valence-corrected chi connectivity index (χ3v) is 4.61. The van der Waals surface area contributed by atoms with E-state index in [1.54, 1.807) is 60.7 Å². The highest BCUT2D eigenvalue weighted by Crippen LogP contribution is 2.27. The molecule has 0 aliphatic rings. The van der Waals surface area contributed by atoms with Crippen LogP contribution in [-0.2, 0) is 4.79 Å². The van der Waals surface area contributed by atoms with Crippen LogP contribution in [0.15, 0.2) is 97.1 Å². The summed E-state index contributed by atoms with van der Waals surface area (Å²) in [4.78, 5) is 30.6. The Morgan fingerprint density at radius 3 is 1.93 bits per heavy atom. The zero-order valence-electron chi connectivity index (χ0n) is 15.4. The normalized spacial score (nSPS) is 11.7. The molecule has 0 fully saturated rings. The number of hydrogen-bond acceptors (Lipinski definition) is 4. The van der Waals surface area contributed by atoms with Crippen LogP contribution in [-0.4, -0.2) is 21.7 Å². The Balaban J connectivity index is 1.89. The van der Waals surface area contributed by atoms with Gasteiger partial charge in [0.05, 0.1) is 16.8 Å². The maximum absolute atomic E-state index is 13.2. The average molecular weight is 379 g/mol. The van der Waals surface area contributed by atoms with Crippen molar-refractivity contribution in [3.8, 4) is 0 Å². The van der Waals surface area contributed by atoms with Gasteiger partial charge in [0.2, 0.25) is 11.6 Å². The number of allylic oxidation sites excluding steroid dienone is 1. The van der Waals surface area contributed by atoms with Crippen LogP contribution in [0.25, 0.3) is 22.2 Å². The summed E-state index contributed by atoms with van der Waals surface area (Å²) >= 11 is 0. The Labute approximate surface area is 167 Å². The minimum absolute atomic E-state index is 0.115. The highest BCUT2D eigenvalue weighted by atomic mass is 16.3. The van der Waals surface area contributed by atoms with Crippen molar-refractivity contribution in [2.75, 3.05) is 0 Å². The van der Waals surface area contributed by atoms with Crippen molar-refractivity contribution in [3.63, 3.8) is 0 Å². The number of carbonyl (C=O) groups excluding carboxylic acids is 2. The van der Waals surface area contributed by atoms with Gasteiger partial charge in [-0.25, -0.2) is 4.98 Å². The fourth-order valence-electron chi connectivity index (χ4n) is 3.12. The molecule has 4 heteroatoms. The Morgan fingerprint density at radius 2 is 1.24 bits per heavy atom. The minimum atomic E-state index is -0.805. The molecule has 1 heterocycles. The third kappa shape index (κ3) is 3.69. The molecule has 29 heavy (non-hydrogen) atoms. The summed E-state index contributed by atoms with van der Waals surface area (Å²) in [5, 5.41) is 11.8. The van der Waals surface area contributed by atoms with Gasteiger partial charge in [0.15, 0.2) is 0 Å². The van der Waals surface area contributed by atoms with Gasteiger partial charge in [0.25, 0.3) is 0 Å². The quantitative estimate of drug-likeness (QED) is 0.226. The molecular formula is C25H17NO3. The van der Waals surface area contributed by atoms with Crippen LogP contribution in [0.3, 0.4) is 0 Å². The topological polar surface area (TPSA) is 67.3 Å². The number of aliphatic hydroxyl groups is 1. The lowest BCUT2D eigenvalue weighted by Gasteiger charge is -2.11. The molecule has 1 N–H and O–H groups in total. The van der Waals surface area contributed by atoms with E-state index in [9.17, 15) is 14.7 Å². The predicted molar refractivity (Wildman–Crippen MR) is 113 cm³/mol. The molecule has 4 nitrogen and oxygen atoms in total. The molecule has 0 saturated heterocycles. The number of ketones is 2. The van der Waals surface area contributed by atoms with Crippen molar-refractivity contribution in [2.45, 2.75) is 0 Å². The molecular weight excluding hydrogens is 362 g/mol. The summed E-state index contributed by atoms with van der Waals surface area (Å²) in [6.45, 7) is 0. The summed E-state index contributed by atoms with van der Waals surface area (Å²) < 4.78 is 0. The van der Waals surface area contributed by atoms with Crippen molar-refractivity contribution in [2.24, 2.45) is 0 Å². The molecule has 0 amide bonds. The lowest BCUT2D eigenvalue weighted by atomic mass is 9.95. The first-order valence-electron chi connectivity index (χ1n) is 9.14. The van der Waals surface area contributed by atoms with Gasteiger partial charge in [0, 0.05) is 16.5 Å². The second-order valence-corrected chi connectivity index (χ2v) is 6.50. The third-order valence-electron chi connectivity index (χ3n) is 4.61. The molecule has 0 saturated carbocycles. The number of fused-ring (bicyclic) bond motifs is 1. The summed E-state index contributed by atoms with van der Waals surface area (Å²) in [6, 6.07) is 27.9. The van der Waals surface area contributed by atoms with Crippen LogP contribution >= 0.6 is 0 Å². The molecule has 0 unspecified atom stereocenters. The number of pyridine rings is 1. The number of aliphatic hydroxyl groups excluding tert-OH is 1. The van der Waals surface area contributed by atoms with E-state index in [4.69, 9.17) is 0 Å². The van der Waals surface area contributed by atoms with E-state index in [1.165, 1.54) is 0 Å². The standard InChI is InChI=1S/C25H17NO3/c27-23(18-10-3-1-4-11-18)22(25(29)24(28)19-12-5-2-6-13-19)21-16-15-17-9-7-8-14-20(17)26-21/h1-16,27H/b23-22+. The van der Waals surface area contributed by atoms with Crippen LogP contribution in [0.4, 0.5) is 0 Å². The molecule has 0 aliphatic heterocycles. The van der Waals surface area contributed by atoms with E-state index in [2.05, 4.69) is 4.98 Å². The fourth-order valence-corrected chi connectivity index (χ4v) is 3.12. The number of aromatic nitrogens is 1. The van der Waals surface area contributed by atoms with Gasteiger partial charge in [-0.15, -0.1) is 0 Å². The number of para-hydroxylation sites is 1. The van der Waals surface area contributed by atoms with Gasteiger partial charge >= 0.3 is 0 Å². The number of benzene rings is 3. The van der Waals surface area contributed by atoms with Gasteiger partial charge in [0.1, 0.15) is 5.76 Å². The van der Waals surface area contributed by atoms with E-state index in [0.29, 0.717) is 11.1 Å². The summed E-state index contributed by atoms with van der Waals surface area (Å²) in [5.74, 6) is -1.78. The Hall–Kier alpha value is -4.05. The summed E-state index contributed by atoms with van der Waals surface area (Å²) in [6.07, 6.45) is 0. The molecule has 0 radical (unpaired) electrons. The van der Waals surface area contributed by atoms with Crippen molar-refractivity contribution in [1.82, 2.24) is 4.98 Å². The highest BCUT2D eigenvalue weighted by Gasteiger charge is 2.27. The molecule has 0 bridgehead atoms. The molecule has 0 aliphatic carbocycles. The summed E-state index contributed by atoms with van der Waals surface area (Å²) in [5.41, 5.74) is 1.50. The van der Waals surface area contributed by atoms with E-state index in [-0.39, 0.29) is 22.6 Å². The average Bonchev–Trinajstić information content (AvgIpc) is 2.79. The summed E-state index contributed by atoms with van der Waals surface area (Å²) in [7, 11) is 0. The first-order valence-corrected chi connectivity index (χ1v) is 9.14. The molecule has 1 aromatic heterocycles. The van der Waals surface area contributed by atoms with Gasteiger partial charge in [-0.3, -0.25) is 9.59 Å². The SMILES string of the molecule is O=C(C(=O)c1ccccc1)/C(=C(/O)c1ccccc1)c1ccc2ccccc2n1. The van der Waals surface area contributed by atoms with Gasteiger partial charge in [-0.05, 0) is 12.1 Å². The van der Waals surface area contributed by atoms with Crippen LogP contribution < -0.4 is 0 Å². The van der Waals surface area contributed by atoms with Crippen molar-refractivity contribution in [3.05, 3.63) is 114 Å². The molecule has 140 valence electrons. The van der Waals surface area contributed by atoms with Gasteiger partial charge in [-0.2, -0.15) is 0 Å². The van der Waals surface area contributed by atoms with Crippen LogP contribution in [0, 0.1) is 0 Å². The van der Waals surface area contributed by atoms with Crippen LogP contribution in [0.5, 0.6) is 0 Å². The number of rotatable bonds is 5. The largest absolute Gasteiger partial charge is 0.506 e. The smallest absolute Gasteiger partial charge is 0.239 e. The van der Waals surface area contributed by atoms with Gasteiger partial charge < -0.3 is 5.11 Å². The van der Waals surface area contributed by atoms with E-state index >= 15 is 0 Å². The van der Waals surface area contributed by atoms with E-state index < -0.39 is 11.6 Å². The number of hydrogen-bond donors (Lipinski definition) is 1. The second kappa shape index (κ2) is 7.90. The zero-order chi connectivity index (χ0) is 20.2. The monoisotopic (exact) mass is 379 g/mol. The van der Waals surface area contributed by atoms with Crippen LogP contribution in [0.1, 0.15) is 21.6 Å². The molecule has 4 rings (SSSR count). The van der Waals surface area contributed by atoms with Crippen LogP contribution in [0.2, 0.25) is 0 Å². The highest BCUT2D eigenvalue weighted by molar-refractivity contribution is 6.59. The maximum atomic E-state index is 13.2. The van der Waals surface area contributed by atoms with Crippen molar-refractivity contribution in [1.29, 1.82) is 0 Å². The molecule has 3 aromatic carbocycles. The van der Waals surface area contributed by atoms with Crippen molar-refractivity contribution >= 4 is 33.8 Å². The van der Waals surface area contributed by atoms with Crippen molar-refractivity contribution < 1.29 is 14.7 Å². The molecule has 4 aromatic rings. The predicted octanol–water partition coefficient (Wildman–Crippen LogP) is 5.11. The number of carbonyl (C=O) groups is 2. The van der Waals surface area contributed by atoms with E-state index in [0.717, 1.165) is 5.39 Å². The Kier molecular flexibility index (Phi) is 4.99. The van der Waals surface area contributed by atoms with E-state index in [1.807, 2.05) is 36.4 Å². The zero-order valence-corrected chi connectivity index (χ0v) is 15.4. The minimum Gasteiger partial charge on any atom is -0.506 e. The molecule has 0 atom stereocenters. The van der Waals surface area contributed by atoms with Gasteiger partial charge in [-0.1, -0.05) is 84.9 Å². The first-order chi connectivity index (χ1) is 14.1. The number of Topliss-reactive ketones (excluding diaryl/α,β-unsaturated/α-hetero) is 2. The first kappa shape index (κ1) is 18.3. The maximum Gasteiger partial charge on any atom is 0.239 e. The molecule has 0 spiro atoms.